The maximum Gasteiger partial charge on any atom is 0.271 e. The molecule has 1 amide bonds. The highest BCUT2D eigenvalue weighted by Gasteiger charge is 2.19. The lowest BCUT2D eigenvalue weighted by molar-refractivity contribution is 0.0942. The summed E-state index contributed by atoms with van der Waals surface area (Å²) in [5, 5.41) is 11.5. The van der Waals surface area contributed by atoms with E-state index in [1.54, 1.807) is 11.7 Å². The van der Waals surface area contributed by atoms with Gasteiger partial charge in [0.15, 0.2) is 0 Å². The second kappa shape index (κ2) is 5.99. The third-order valence-electron chi connectivity index (χ3n) is 3.48. The van der Waals surface area contributed by atoms with Crippen molar-refractivity contribution in [3.63, 3.8) is 0 Å². The van der Waals surface area contributed by atoms with Crippen LogP contribution >= 0.6 is 0 Å². The third-order valence-corrected chi connectivity index (χ3v) is 3.48. The van der Waals surface area contributed by atoms with Gasteiger partial charge in [-0.25, -0.2) is 0 Å². The molecule has 0 aliphatic heterocycles. The largest absolute Gasteiger partial charge is 0.395 e. The Labute approximate surface area is 124 Å². The molecule has 2 rings (SSSR count). The molecular formula is C14H22N6O. The van der Waals surface area contributed by atoms with Crippen molar-refractivity contribution in [1.29, 1.82) is 0 Å². The lowest BCUT2D eigenvalue weighted by atomic mass is 10.2. The Morgan fingerprint density at radius 3 is 2.48 bits per heavy atom. The highest BCUT2D eigenvalue weighted by molar-refractivity contribution is 5.97. The molecule has 0 radical (unpaired) electrons. The second-order valence-corrected chi connectivity index (χ2v) is 5.00. The van der Waals surface area contributed by atoms with Gasteiger partial charge >= 0.3 is 0 Å². The highest BCUT2D eigenvalue weighted by Crippen LogP contribution is 2.17. The predicted octanol–water partition coefficient (Wildman–Crippen LogP) is 0.791. The van der Waals surface area contributed by atoms with Crippen LogP contribution in [0.25, 0.3) is 0 Å². The molecule has 2 aromatic heterocycles. The van der Waals surface area contributed by atoms with Crippen molar-refractivity contribution in [3.05, 3.63) is 28.8 Å². The van der Waals surface area contributed by atoms with Gasteiger partial charge in [0.05, 0.1) is 17.1 Å². The van der Waals surface area contributed by atoms with Gasteiger partial charge in [0.25, 0.3) is 5.91 Å². The fourth-order valence-electron chi connectivity index (χ4n) is 2.41. The molecule has 0 aliphatic rings. The fourth-order valence-corrected chi connectivity index (χ4v) is 2.41. The molecule has 0 atom stereocenters. The Morgan fingerprint density at radius 2 is 1.90 bits per heavy atom. The molecule has 0 unspecified atom stereocenters. The minimum Gasteiger partial charge on any atom is -0.395 e. The normalized spacial score (nSPS) is 10.9. The monoisotopic (exact) mass is 290 g/mol. The summed E-state index contributed by atoms with van der Waals surface area (Å²) in [5.74, 6) is -0.215. The van der Waals surface area contributed by atoms with Crippen LogP contribution in [-0.4, -0.2) is 25.5 Å². The predicted molar refractivity (Wildman–Crippen MR) is 80.8 cm³/mol. The van der Waals surface area contributed by atoms with E-state index in [1.807, 2.05) is 27.1 Å². The van der Waals surface area contributed by atoms with Gasteiger partial charge in [0.2, 0.25) is 0 Å². The molecule has 0 spiro atoms. The number of nitrogens with one attached hydrogen (secondary N) is 1. The number of nitrogens with two attached hydrogens (primary N) is 1. The topological polar surface area (TPSA) is 90.8 Å². The van der Waals surface area contributed by atoms with Gasteiger partial charge in [0.1, 0.15) is 5.69 Å². The Balaban J connectivity index is 2.13. The smallest absolute Gasteiger partial charge is 0.271 e. The molecule has 0 aromatic carbocycles. The molecule has 7 heteroatoms. The first kappa shape index (κ1) is 15.1. The Morgan fingerprint density at radius 1 is 1.24 bits per heavy atom. The van der Waals surface area contributed by atoms with Crippen LogP contribution in [0.3, 0.4) is 0 Å². The number of rotatable bonds is 5. The van der Waals surface area contributed by atoms with E-state index in [-0.39, 0.29) is 5.91 Å². The van der Waals surface area contributed by atoms with Crippen LogP contribution in [0.2, 0.25) is 0 Å². The maximum atomic E-state index is 12.3. The number of nitrogen functional groups attached to an aromatic ring is 1. The van der Waals surface area contributed by atoms with Crippen molar-refractivity contribution >= 4 is 11.6 Å². The number of aryl methyl sites for hydroxylation is 4. The van der Waals surface area contributed by atoms with Gasteiger partial charge in [-0.05, 0) is 12.8 Å². The zero-order valence-electron chi connectivity index (χ0n) is 13.0. The van der Waals surface area contributed by atoms with Gasteiger partial charge in [-0.3, -0.25) is 14.2 Å². The SMILES string of the molecule is CCc1nn(C)cc1CNC(=O)c1c(N)c(CC)nn1C. The number of amides is 1. The molecule has 21 heavy (non-hydrogen) atoms. The maximum absolute atomic E-state index is 12.3. The molecule has 0 fully saturated rings. The lowest BCUT2D eigenvalue weighted by Gasteiger charge is -2.06. The van der Waals surface area contributed by atoms with E-state index in [2.05, 4.69) is 15.5 Å². The van der Waals surface area contributed by atoms with Crippen molar-refractivity contribution < 1.29 is 4.79 Å². The molecule has 2 heterocycles. The average Bonchev–Trinajstić information content (AvgIpc) is 2.95. The number of aromatic nitrogens is 4. The number of anilines is 1. The van der Waals surface area contributed by atoms with Gasteiger partial charge in [-0.1, -0.05) is 13.8 Å². The molecule has 2 aromatic rings. The molecule has 0 bridgehead atoms. The van der Waals surface area contributed by atoms with Gasteiger partial charge in [-0.2, -0.15) is 10.2 Å². The number of carbonyl (C=O) groups excluding carboxylic acids is 1. The summed E-state index contributed by atoms with van der Waals surface area (Å²) < 4.78 is 3.29. The average molecular weight is 290 g/mol. The van der Waals surface area contributed by atoms with Crippen LogP contribution in [0.5, 0.6) is 0 Å². The zero-order chi connectivity index (χ0) is 15.6. The standard InChI is InChI=1S/C14H22N6O/c1-5-10-9(8-19(3)17-10)7-16-14(21)13-12(15)11(6-2)18-20(13)4/h8H,5-7,15H2,1-4H3,(H,16,21). The highest BCUT2D eigenvalue weighted by atomic mass is 16.2. The van der Waals surface area contributed by atoms with E-state index in [0.29, 0.717) is 24.3 Å². The first-order valence-electron chi connectivity index (χ1n) is 7.08. The van der Waals surface area contributed by atoms with E-state index < -0.39 is 0 Å². The van der Waals surface area contributed by atoms with E-state index in [1.165, 1.54) is 4.68 Å². The van der Waals surface area contributed by atoms with Crippen molar-refractivity contribution in [1.82, 2.24) is 24.9 Å². The summed E-state index contributed by atoms with van der Waals surface area (Å²) in [6.07, 6.45) is 3.46. The summed E-state index contributed by atoms with van der Waals surface area (Å²) in [5.41, 5.74) is 9.61. The van der Waals surface area contributed by atoms with Crippen LogP contribution in [0, 0.1) is 0 Å². The number of nitrogens with zero attached hydrogens (tertiary/aromatic N) is 4. The zero-order valence-corrected chi connectivity index (χ0v) is 13.0. The Kier molecular flexibility index (Phi) is 4.30. The minimum absolute atomic E-state index is 0.215. The summed E-state index contributed by atoms with van der Waals surface area (Å²) in [4.78, 5) is 12.3. The van der Waals surface area contributed by atoms with Crippen LogP contribution in [-0.2, 0) is 33.5 Å². The molecule has 114 valence electrons. The quantitative estimate of drug-likeness (QED) is 0.851. The molecule has 0 aliphatic carbocycles. The molecule has 0 saturated heterocycles. The first-order chi connectivity index (χ1) is 9.97. The van der Waals surface area contributed by atoms with Gasteiger partial charge in [-0.15, -0.1) is 0 Å². The number of hydrogen-bond donors (Lipinski definition) is 2. The van der Waals surface area contributed by atoms with E-state index >= 15 is 0 Å². The van der Waals surface area contributed by atoms with Crippen LogP contribution < -0.4 is 11.1 Å². The van der Waals surface area contributed by atoms with E-state index in [0.717, 1.165) is 23.4 Å². The molecule has 0 saturated carbocycles. The van der Waals surface area contributed by atoms with E-state index in [9.17, 15) is 4.79 Å². The van der Waals surface area contributed by atoms with Crippen LogP contribution in [0.15, 0.2) is 6.20 Å². The molecular weight excluding hydrogens is 268 g/mol. The number of carbonyl (C=O) groups is 1. The lowest BCUT2D eigenvalue weighted by Crippen LogP contribution is -2.26. The summed E-state index contributed by atoms with van der Waals surface area (Å²) >= 11 is 0. The fraction of sp³-hybridized carbons (Fsp3) is 0.500. The van der Waals surface area contributed by atoms with Gasteiger partial charge in [0, 0.05) is 32.4 Å². The van der Waals surface area contributed by atoms with Crippen molar-refractivity contribution in [2.24, 2.45) is 14.1 Å². The summed E-state index contributed by atoms with van der Waals surface area (Å²) in [6.45, 7) is 4.44. The van der Waals surface area contributed by atoms with Crippen molar-refractivity contribution in [2.75, 3.05) is 5.73 Å². The van der Waals surface area contributed by atoms with Crippen molar-refractivity contribution in [3.8, 4) is 0 Å². The van der Waals surface area contributed by atoms with Crippen LogP contribution in [0.1, 0.15) is 41.3 Å². The Bertz CT molecular complexity index is 655. The summed E-state index contributed by atoms with van der Waals surface area (Å²) in [6, 6.07) is 0. The third kappa shape index (κ3) is 2.91. The minimum atomic E-state index is -0.215. The van der Waals surface area contributed by atoms with Gasteiger partial charge < -0.3 is 11.1 Å². The van der Waals surface area contributed by atoms with Crippen LogP contribution in [0.4, 0.5) is 5.69 Å². The van der Waals surface area contributed by atoms with E-state index in [4.69, 9.17) is 5.73 Å². The first-order valence-corrected chi connectivity index (χ1v) is 7.08. The molecule has 7 nitrogen and oxygen atoms in total. The molecule has 3 N–H and O–H groups in total. The Hall–Kier alpha value is -2.31. The van der Waals surface area contributed by atoms with Crippen molar-refractivity contribution in [2.45, 2.75) is 33.2 Å². The number of hydrogen-bond acceptors (Lipinski definition) is 4. The second-order valence-electron chi connectivity index (χ2n) is 5.00. The summed E-state index contributed by atoms with van der Waals surface area (Å²) in [7, 11) is 3.60.